The van der Waals surface area contributed by atoms with Gasteiger partial charge in [-0.1, -0.05) is 45.1 Å². The standard InChI is InChI=1S/C22H32N2O5/c1-4-6-7-8-9-10-13-24-19(20(26)23-14-17(25)28-5-2)22-12-11-16(29-22)15(3)18(22)21(24)27/h11-12,16,19H,4-10,13-14H2,1-3H3,(H,23,26)/t16-,19+,22+/m1/s1. The molecule has 29 heavy (non-hydrogen) atoms. The van der Waals surface area contributed by atoms with E-state index in [2.05, 4.69) is 12.2 Å². The number of nitrogens with one attached hydrogen (secondary N) is 1. The van der Waals surface area contributed by atoms with E-state index in [1.54, 1.807) is 11.8 Å². The monoisotopic (exact) mass is 404 g/mol. The van der Waals surface area contributed by atoms with Gasteiger partial charge in [-0.3, -0.25) is 14.4 Å². The van der Waals surface area contributed by atoms with Gasteiger partial charge in [0.1, 0.15) is 18.2 Å². The number of hydrogen-bond acceptors (Lipinski definition) is 5. The molecule has 0 aromatic rings. The summed E-state index contributed by atoms with van der Waals surface area (Å²) in [4.78, 5) is 39.6. The molecule has 3 aliphatic heterocycles. The van der Waals surface area contributed by atoms with E-state index in [4.69, 9.17) is 9.47 Å². The summed E-state index contributed by atoms with van der Waals surface area (Å²) in [5, 5.41) is 2.64. The fourth-order valence-electron chi connectivity index (χ4n) is 4.56. The quantitative estimate of drug-likeness (QED) is 0.324. The lowest BCUT2D eigenvalue weighted by atomic mass is 9.85. The zero-order chi connectivity index (χ0) is 21.0. The Morgan fingerprint density at radius 2 is 1.93 bits per heavy atom. The first kappa shape index (κ1) is 21.6. The highest BCUT2D eigenvalue weighted by Crippen LogP contribution is 2.51. The first-order valence-electron chi connectivity index (χ1n) is 10.8. The molecule has 2 amide bonds. The third kappa shape index (κ3) is 3.97. The Balaban J connectivity index is 1.72. The summed E-state index contributed by atoms with van der Waals surface area (Å²) in [6.45, 7) is 6.33. The first-order valence-corrected chi connectivity index (χ1v) is 10.8. The van der Waals surface area contributed by atoms with Gasteiger partial charge in [0, 0.05) is 6.54 Å². The summed E-state index contributed by atoms with van der Waals surface area (Å²) < 4.78 is 11.0. The summed E-state index contributed by atoms with van der Waals surface area (Å²) in [6.07, 6.45) is 10.1. The molecule has 3 rings (SSSR count). The molecule has 1 spiro atoms. The number of hydrogen-bond donors (Lipinski definition) is 1. The van der Waals surface area contributed by atoms with Gasteiger partial charge in [-0.2, -0.15) is 0 Å². The van der Waals surface area contributed by atoms with Gasteiger partial charge in [-0.15, -0.1) is 0 Å². The summed E-state index contributed by atoms with van der Waals surface area (Å²) in [5.41, 5.74) is 0.436. The smallest absolute Gasteiger partial charge is 0.325 e. The molecule has 7 heteroatoms. The van der Waals surface area contributed by atoms with Crippen LogP contribution in [0.5, 0.6) is 0 Å². The van der Waals surface area contributed by atoms with Crippen molar-refractivity contribution in [1.29, 1.82) is 0 Å². The molecule has 1 saturated heterocycles. The minimum absolute atomic E-state index is 0.126. The van der Waals surface area contributed by atoms with E-state index in [1.807, 2.05) is 19.1 Å². The van der Waals surface area contributed by atoms with Crippen LogP contribution in [-0.4, -0.2) is 60.1 Å². The van der Waals surface area contributed by atoms with Crippen molar-refractivity contribution in [1.82, 2.24) is 10.2 Å². The van der Waals surface area contributed by atoms with Crippen molar-refractivity contribution in [3.05, 3.63) is 23.3 Å². The van der Waals surface area contributed by atoms with Crippen LogP contribution in [0.25, 0.3) is 0 Å². The molecule has 0 unspecified atom stereocenters. The Morgan fingerprint density at radius 3 is 2.66 bits per heavy atom. The Labute approximate surface area is 172 Å². The Hall–Kier alpha value is -2.15. The van der Waals surface area contributed by atoms with Gasteiger partial charge < -0.3 is 19.7 Å². The van der Waals surface area contributed by atoms with Gasteiger partial charge >= 0.3 is 5.97 Å². The third-order valence-corrected chi connectivity index (χ3v) is 5.96. The van der Waals surface area contributed by atoms with Crippen molar-refractivity contribution in [3.63, 3.8) is 0 Å². The minimum Gasteiger partial charge on any atom is -0.465 e. The number of carbonyl (C=O) groups is 3. The average molecular weight is 405 g/mol. The minimum atomic E-state index is -1.03. The van der Waals surface area contributed by atoms with E-state index >= 15 is 0 Å². The predicted octanol–water partition coefficient (Wildman–Crippen LogP) is 2.26. The summed E-state index contributed by atoms with van der Waals surface area (Å²) in [5.74, 6) is -1.00. The van der Waals surface area contributed by atoms with E-state index < -0.39 is 17.6 Å². The molecule has 2 bridgehead atoms. The van der Waals surface area contributed by atoms with Crippen LogP contribution in [0.3, 0.4) is 0 Å². The van der Waals surface area contributed by atoms with E-state index in [0.29, 0.717) is 12.1 Å². The van der Waals surface area contributed by atoms with Crippen LogP contribution in [-0.2, 0) is 23.9 Å². The molecular weight excluding hydrogens is 372 g/mol. The number of likely N-dealkylation sites (tertiary alicyclic amines) is 1. The normalized spacial score (nSPS) is 27.0. The maximum absolute atomic E-state index is 13.2. The van der Waals surface area contributed by atoms with Crippen molar-refractivity contribution in [3.8, 4) is 0 Å². The molecule has 0 aliphatic carbocycles. The van der Waals surface area contributed by atoms with Crippen molar-refractivity contribution in [2.45, 2.75) is 77.0 Å². The molecule has 0 aromatic carbocycles. The second-order valence-electron chi connectivity index (χ2n) is 7.94. The molecule has 1 fully saturated rings. The second-order valence-corrected chi connectivity index (χ2v) is 7.94. The molecule has 3 aliphatic rings. The lowest BCUT2D eigenvalue weighted by Crippen LogP contribution is -2.55. The number of fused-ring (bicyclic) bond motifs is 1. The highest BCUT2D eigenvalue weighted by molar-refractivity contribution is 6.07. The van der Waals surface area contributed by atoms with E-state index in [0.717, 1.165) is 24.8 Å². The van der Waals surface area contributed by atoms with Crippen LogP contribution in [0, 0.1) is 0 Å². The first-order chi connectivity index (χ1) is 14.0. The van der Waals surface area contributed by atoms with Crippen LogP contribution in [0.4, 0.5) is 0 Å². The molecule has 1 N–H and O–H groups in total. The molecule has 3 atom stereocenters. The fourth-order valence-corrected chi connectivity index (χ4v) is 4.56. The summed E-state index contributed by atoms with van der Waals surface area (Å²) >= 11 is 0. The van der Waals surface area contributed by atoms with Gasteiger partial charge in [0.15, 0.2) is 0 Å². The van der Waals surface area contributed by atoms with Gasteiger partial charge in [-0.05, 0) is 31.9 Å². The SMILES string of the molecule is CCCCCCCCN1C(=O)C2=C(C)[C@H]3C=C[C@@]2(O3)[C@@H]1C(=O)NCC(=O)OCC. The number of amides is 2. The van der Waals surface area contributed by atoms with Crippen molar-refractivity contribution >= 4 is 17.8 Å². The van der Waals surface area contributed by atoms with Crippen molar-refractivity contribution < 1.29 is 23.9 Å². The van der Waals surface area contributed by atoms with Crippen LogP contribution >= 0.6 is 0 Å². The number of carbonyl (C=O) groups excluding carboxylic acids is 3. The largest absolute Gasteiger partial charge is 0.465 e. The van der Waals surface area contributed by atoms with Crippen LogP contribution in [0.2, 0.25) is 0 Å². The third-order valence-electron chi connectivity index (χ3n) is 5.96. The van der Waals surface area contributed by atoms with E-state index in [9.17, 15) is 14.4 Å². The zero-order valence-electron chi connectivity index (χ0n) is 17.7. The fraction of sp³-hybridized carbons (Fsp3) is 0.682. The number of esters is 1. The van der Waals surface area contributed by atoms with Crippen LogP contribution in [0.1, 0.15) is 59.3 Å². The van der Waals surface area contributed by atoms with Gasteiger partial charge in [-0.25, -0.2) is 0 Å². The molecular formula is C22H32N2O5. The zero-order valence-corrected chi connectivity index (χ0v) is 17.7. The summed E-state index contributed by atoms with van der Waals surface area (Å²) in [7, 11) is 0. The Kier molecular flexibility index (Phi) is 6.77. The highest BCUT2D eigenvalue weighted by Gasteiger charge is 2.65. The van der Waals surface area contributed by atoms with Gasteiger partial charge in [0.25, 0.3) is 5.91 Å². The number of ether oxygens (including phenoxy) is 2. The average Bonchev–Trinajstić information content (AvgIpc) is 3.31. The predicted molar refractivity (Wildman–Crippen MR) is 108 cm³/mol. The lowest BCUT2D eigenvalue weighted by Gasteiger charge is -2.31. The number of unbranched alkanes of at least 4 members (excludes halogenated alkanes) is 5. The highest BCUT2D eigenvalue weighted by atomic mass is 16.5. The molecule has 3 heterocycles. The maximum Gasteiger partial charge on any atom is 0.325 e. The Morgan fingerprint density at radius 1 is 1.21 bits per heavy atom. The molecule has 160 valence electrons. The van der Waals surface area contributed by atoms with Gasteiger partial charge in [0.05, 0.1) is 18.3 Å². The molecule has 0 aromatic heterocycles. The van der Waals surface area contributed by atoms with Gasteiger partial charge in [0.2, 0.25) is 5.91 Å². The molecule has 0 saturated carbocycles. The lowest BCUT2D eigenvalue weighted by molar-refractivity contribution is -0.145. The van der Waals surface area contributed by atoms with E-state index in [1.165, 1.54) is 19.3 Å². The number of rotatable bonds is 11. The number of nitrogens with zero attached hydrogens (tertiary/aromatic N) is 1. The van der Waals surface area contributed by atoms with Crippen LogP contribution < -0.4 is 5.32 Å². The summed E-state index contributed by atoms with van der Waals surface area (Å²) in [6, 6.07) is -0.797. The topological polar surface area (TPSA) is 84.9 Å². The van der Waals surface area contributed by atoms with Crippen molar-refractivity contribution in [2.24, 2.45) is 0 Å². The Bertz CT molecular complexity index is 729. The molecule has 7 nitrogen and oxygen atoms in total. The second kappa shape index (κ2) is 9.11. The maximum atomic E-state index is 13.2. The van der Waals surface area contributed by atoms with E-state index in [-0.39, 0.29) is 31.1 Å². The van der Waals surface area contributed by atoms with Crippen molar-refractivity contribution in [2.75, 3.05) is 19.7 Å². The van der Waals surface area contributed by atoms with Crippen LogP contribution in [0.15, 0.2) is 23.3 Å². The molecule has 0 radical (unpaired) electrons.